The van der Waals surface area contributed by atoms with Gasteiger partial charge in [-0.25, -0.2) is 13.8 Å². The van der Waals surface area contributed by atoms with E-state index >= 15 is 0 Å². The molecule has 0 saturated heterocycles. The Labute approximate surface area is 134 Å². The van der Waals surface area contributed by atoms with E-state index < -0.39 is 50.0 Å². The fourth-order valence-electron chi connectivity index (χ4n) is 1.64. The molecule has 0 radical (unpaired) electrons. The summed E-state index contributed by atoms with van der Waals surface area (Å²) in [5.74, 6) is -2.86. The Hall–Kier alpha value is -1.40. The molecule has 0 saturated carbocycles. The standard InChI is InChI=1S/C11H18FN2O9P/c1-10(18,5-15)8(14-4-3-7(16)13-9(14)17)23-11(2,12)6-22-24(19,20)21/h3-4,8,15,18H,5-6H2,1-2H3,(H,13,16,17)(H2,19,20,21). The van der Waals surface area contributed by atoms with Crippen molar-refractivity contribution in [2.75, 3.05) is 13.2 Å². The maximum atomic E-state index is 14.4. The predicted molar refractivity (Wildman–Crippen MR) is 76.7 cm³/mol. The molecule has 1 aromatic rings. The molecule has 1 rings (SSSR count). The topological polar surface area (TPSA) is 171 Å². The van der Waals surface area contributed by atoms with Crippen molar-refractivity contribution in [1.82, 2.24) is 9.55 Å². The van der Waals surface area contributed by atoms with Gasteiger partial charge in [0.2, 0.25) is 5.85 Å². The van der Waals surface area contributed by atoms with E-state index in [4.69, 9.17) is 14.5 Å². The normalized spacial score (nSPS) is 18.6. The second-order valence-corrected chi connectivity index (χ2v) is 6.61. The number of hydrogen-bond acceptors (Lipinski definition) is 7. The molecule has 5 N–H and O–H groups in total. The summed E-state index contributed by atoms with van der Waals surface area (Å²) in [5.41, 5.74) is -4.00. The average molecular weight is 372 g/mol. The van der Waals surface area contributed by atoms with Crippen LogP contribution in [0.4, 0.5) is 4.39 Å². The Balaban J connectivity index is 3.18. The van der Waals surface area contributed by atoms with Crippen LogP contribution in [0.2, 0.25) is 0 Å². The second kappa shape index (κ2) is 7.23. The minimum atomic E-state index is -4.99. The van der Waals surface area contributed by atoms with Crippen LogP contribution >= 0.6 is 7.82 Å². The molecular formula is C11H18FN2O9P. The molecule has 0 aliphatic carbocycles. The van der Waals surface area contributed by atoms with E-state index in [0.717, 1.165) is 26.1 Å². The second-order valence-electron chi connectivity index (χ2n) is 5.37. The molecule has 0 bridgehead atoms. The van der Waals surface area contributed by atoms with Gasteiger partial charge in [-0.2, -0.15) is 0 Å². The van der Waals surface area contributed by atoms with Gasteiger partial charge >= 0.3 is 13.5 Å². The Bertz CT molecular complexity index is 723. The predicted octanol–water partition coefficient (Wildman–Crippen LogP) is -1.41. The van der Waals surface area contributed by atoms with E-state index in [1.807, 2.05) is 4.98 Å². The molecule has 13 heteroatoms. The highest BCUT2D eigenvalue weighted by molar-refractivity contribution is 7.46. The molecule has 11 nitrogen and oxygen atoms in total. The summed E-state index contributed by atoms with van der Waals surface area (Å²) in [5, 5.41) is 19.4. The molecule has 1 aromatic heterocycles. The van der Waals surface area contributed by atoms with Crippen molar-refractivity contribution in [3.05, 3.63) is 33.1 Å². The van der Waals surface area contributed by atoms with Gasteiger partial charge in [0, 0.05) is 12.3 Å². The largest absolute Gasteiger partial charge is 0.469 e. The first-order valence-corrected chi connectivity index (χ1v) is 8.02. The Kier molecular flexibility index (Phi) is 6.22. The number of alkyl halides is 1. The first-order chi connectivity index (χ1) is 10.8. The number of ether oxygens (including phenoxy) is 1. The molecule has 0 aromatic carbocycles. The zero-order valence-electron chi connectivity index (χ0n) is 12.7. The molecule has 3 atom stereocenters. The number of halogens is 1. The van der Waals surface area contributed by atoms with Gasteiger partial charge in [-0.15, -0.1) is 0 Å². The lowest BCUT2D eigenvalue weighted by Gasteiger charge is -2.36. The van der Waals surface area contributed by atoms with Gasteiger partial charge in [0.05, 0.1) is 6.61 Å². The third kappa shape index (κ3) is 5.91. The van der Waals surface area contributed by atoms with Crippen molar-refractivity contribution in [3.63, 3.8) is 0 Å². The number of phosphoric acid groups is 1. The maximum absolute atomic E-state index is 14.4. The molecule has 24 heavy (non-hydrogen) atoms. The molecule has 3 unspecified atom stereocenters. The van der Waals surface area contributed by atoms with E-state index in [0.29, 0.717) is 4.57 Å². The highest BCUT2D eigenvalue weighted by atomic mass is 31.2. The molecular weight excluding hydrogens is 354 g/mol. The van der Waals surface area contributed by atoms with Crippen LogP contribution in [0, 0.1) is 0 Å². The van der Waals surface area contributed by atoms with Crippen LogP contribution in [0.5, 0.6) is 0 Å². The molecule has 0 aliphatic heterocycles. The van der Waals surface area contributed by atoms with Crippen LogP contribution in [0.3, 0.4) is 0 Å². The van der Waals surface area contributed by atoms with Crippen molar-refractivity contribution in [1.29, 1.82) is 0 Å². The summed E-state index contributed by atoms with van der Waals surface area (Å²) < 4.78 is 34.5. The van der Waals surface area contributed by atoms with E-state index in [9.17, 15) is 28.8 Å². The molecule has 1 heterocycles. The van der Waals surface area contributed by atoms with Crippen molar-refractivity contribution < 1.29 is 38.2 Å². The van der Waals surface area contributed by atoms with E-state index in [2.05, 4.69) is 4.52 Å². The number of rotatable bonds is 8. The van der Waals surface area contributed by atoms with Gasteiger partial charge in [-0.1, -0.05) is 0 Å². The van der Waals surface area contributed by atoms with Gasteiger partial charge in [0.1, 0.15) is 12.2 Å². The van der Waals surface area contributed by atoms with Crippen molar-refractivity contribution in [2.45, 2.75) is 31.5 Å². The lowest BCUT2D eigenvalue weighted by Crippen LogP contribution is -2.49. The third-order valence-electron chi connectivity index (χ3n) is 2.80. The van der Waals surface area contributed by atoms with E-state index in [-0.39, 0.29) is 0 Å². The van der Waals surface area contributed by atoms with Crippen LogP contribution in [0.25, 0.3) is 0 Å². The van der Waals surface area contributed by atoms with E-state index in [1.54, 1.807) is 0 Å². The summed E-state index contributed by atoms with van der Waals surface area (Å²) in [7, 11) is -4.99. The fourth-order valence-corrected chi connectivity index (χ4v) is 2.04. The molecule has 0 amide bonds. The smallest absolute Gasteiger partial charge is 0.393 e. The van der Waals surface area contributed by atoms with Crippen molar-refractivity contribution in [3.8, 4) is 0 Å². The highest BCUT2D eigenvalue weighted by Gasteiger charge is 2.41. The lowest BCUT2D eigenvalue weighted by atomic mass is 10.1. The minimum absolute atomic E-state index is 0.604. The zero-order chi connectivity index (χ0) is 18.8. The van der Waals surface area contributed by atoms with Gasteiger partial charge in [-0.3, -0.25) is 18.9 Å². The van der Waals surface area contributed by atoms with Crippen molar-refractivity contribution >= 4 is 7.82 Å². The van der Waals surface area contributed by atoms with Crippen LogP contribution in [0.15, 0.2) is 21.9 Å². The van der Waals surface area contributed by atoms with Crippen LogP contribution in [-0.4, -0.2) is 54.2 Å². The van der Waals surface area contributed by atoms with Gasteiger partial charge in [-0.05, 0) is 13.8 Å². The summed E-state index contributed by atoms with van der Waals surface area (Å²) in [4.78, 5) is 41.9. The lowest BCUT2D eigenvalue weighted by molar-refractivity contribution is -0.260. The van der Waals surface area contributed by atoms with Gasteiger partial charge in [0.15, 0.2) is 6.23 Å². The third-order valence-corrected chi connectivity index (χ3v) is 3.27. The molecule has 0 aliphatic rings. The SMILES string of the molecule is CC(F)(COP(=O)(O)O)OC(n1ccc(=O)[nH]c1=O)C(C)(O)CO. The number of aromatic amines is 1. The highest BCUT2D eigenvalue weighted by Crippen LogP contribution is 2.38. The number of H-pyrrole nitrogens is 1. The Morgan fingerprint density at radius 3 is 2.46 bits per heavy atom. The first kappa shape index (κ1) is 20.6. The molecule has 138 valence electrons. The summed E-state index contributed by atoms with van der Waals surface area (Å²) >= 11 is 0. The van der Waals surface area contributed by atoms with E-state index in [1.165, 1.54) is 0 Å². The monoisotopic (exact) mass is 372 g/mol. The summed E-state index contributed by atoms with van der Waals surface area (Å²) in [6, 6.07) is 0.896. The van der Waals surface area contributed by atoms with Gasteiger partial charge in [0.25, 0.3) is 5.56 Å². The fraction of sp³-hybridized carbons (Fsp3) is 0.636. The number of phosphoric ester groups is 1. The number of aliphatic hydroxyl groups is 2. The van der Waals surface area contributed by atoms with Crippen molar-refractivity contribution in [2.24, 2.45) is 0 Å². The zero-order valence-corrected chi connectivity index (χ0v) is 13.6. The Morgan fingerprint density at radius 1 is 1.42 bits per heavy atom. The number of aromatic nitrogens is 2. The quantitative estimate of drug-likeness (QED) is 0.344. The number of nitrogens with zero attached hydrogens (tertiary/aromatic N) is 1. The Morgan fingerprint density at radius 2 is 2.00 bits per heavy atom. The summed E-state index contributed by atoms with van der Waals surface area (Å²) in [6.45, 7) is -0.430. The number of aliphatic hydroxyl groups excluding tert-OH is 1. The minimum Gasteiger partial charge on any atom is -0.393 e. The molecule has 0 spiro atoms. The number of nitrogens with one attached hydrogen (secondary N) is 1. The van der Waals surface area contributed by atoms with Gasteiger partial charge < -0.3 is 24.7 Å². The summed E-state index contributed by atoms with van der Waals surface area (Å²) in [6.07, 6.45) is -0.946. The average Bonchev–Trinajstić information content (AvgIpc) is 2.43. The van der Waals surface area contributed by atoms with Crippen LogP contribution in [-0.2, 0) is 13.8 Å². The van der Waals surface area contributed by atoms with Crippen LogP contribution < -0.4 is 11.2 Å². The maximum Gasteiger partial charge on any atom is 0.469 e. The first-order valence-electron chi connectivity index (χ1n) is 6.49. The molecule has 0 fully saturated rings. The van der Waals surface area contributed by atoms with Crippen LogP contribution in [0.1, 0.15) is 20.1 Å². The number of hydrogen-bond donors (Lipinski definition) is 5.